The molecule has 9 heteroatoms. The Morgan fingerprint density at radius 3 is 2.32 bits per heavy atom. The van der Waals surface area contributed by atoms with Gasteiger partial charge in [-0.2, -0.15) is 4.98 Å². The molecule has 2 unspecified atom stereocenters. The molecule has 0 spiro atoms. The van der Waals surface area contributed by atoms with E-state index in [4.69, 9.17) is 4.52 Å². The van der Waals surface area contributed by atoms with Gasteiger partial charge in [0.25, 0.3) is 6.43 Å². The zero-order valence-electron chi connectivity index (χ0n) is 14.8. The summed E-state index contributed by atoms with van der Waals surface area (Å²) >= 11 is 0. The van der Waals surface area contributed by atoms with Gasteiger partial charge in [-0.15, -0.1) is 0 Å². The molecule has 0 aliphatic carbocycles. The van der Waals surface area contributed by atoms with Gasteiger partial charge in [0.15, 0.2) is 5.82 Å². The van der Waals surface area contributed by atoms with Crippen LogP contribution >= 0.6 is 0 Å². The molecule has 0 radical (unpaired) electrons. The predicted octanol–water partition coefficient (Wildman–Crippen LogP) is 3.91. The molecule has 3 aromatic rings. The highest BCUT2D eigenvalue weighted by molar-refractivity contribution is 5.75. The van der Waals surface area contributed by atoms with E-state index >= 15 is 0 Å². The first-order chi connectivity index (χ1) is 13.5. The second kappa shape index (κ2) is 8.55. The lowest BCUT2D eigenvalue weighted by Gasteiger charge is -2.21. The molecule has 1 heterocycles. The summed E-state index contributed by atoms with van der Waals surface area (Å²) in [5.41, 5.74) is 0.317. The minimum absolute atomic E-state index is 0.00561. The average molecular weight is 390 g/mol. The van der Waals surface area contributed by atoms with Gasteiger partial charge < -0.3 is 15.2 Å². The topological polar surface area (TPSA) is 80.0 Å². The standard InChI is InChI=1S/C19H17F3N4O2/c1-11-23-18(26-28-11)16(13-9-5-6-10-14(13)20)25-19(27)24-15(17(21)22)12-7-3-2-4-8-12/h2-10,15-17H,1H3,(H2,24,25,27). The van der Waals surface area contributed by atoms with E-state index in [-0.39, 0.29) is 22.8 Å². The Morgan fingerprint density at radius 1 is 1.04 bits per heavy atom. The van der Waals surface area contributed by atoms with Crippen molar-refractivity contribution in [1.29, 1.82) is 0 Å². The molecule has 0 saturated heterocycles. The number of aromatic nitrogens is 2. The molecule has 0 saturated carbocycles. The normalized spacial score (nSPS) is 13.2. The van der Waals surface area contributed by atoms with E-state index in [0.29, 0.717) is 0 Å². The van der Waals surface area contributed by atoms with E-state index in [1.54, 1.807) is 24.3 Å². The monoisotopic (exact) mass is 390 g/mol. The number of benzene rings is 2. The number of hydrogen-bond acceptors (Lipinski definition) is 4. The van der Waals surface area contributed by atoms with Crippen LogP contribution < -0.4 is 10.6 Å². The number of halogens is 3. The van der Waals surface area contributed by atoms with E-state index in [1.807, 2.05) is 0 Å². The number of nitrogens with one attached hydrogen (secondary N) is 2. The van der Waals surface area contributed by atoms with E-state index < -0.39 is 30.4 Å². The van der Waals surface area contributed by atoms with Gasteiger partial charge in [-0.05, 0) is 11.6 Å². The Bertz CT molecular complexity index is 934. The molecular weight excluding hydrogens is 373 g/mol. The van der Waals surface area contributed by atoms with Gasteiger partial charge in [0.2, 0.25) is 5.89 Å². The first-order valence-corrected chi connectivity index (χ1v) is 8.40. The smallest absolute Gasteiger partial charge is 0.316 e. The number of hydrogen-bond donors (Lipinski definition) is 2. The Hall–Kier alpha value is -3.36. The third-order valence-corrected chi connectivity index (χ3v) is 3.99. The van der Waals surface area contributed by atoms with Crippen molar-refractivity contribution in [3.63, 3.8) is 0 Å². The Morgan fingerprint density at radius 2 is 1.71 bits per heavy atom. The van der Waals surface area contributed by atoms with Crippen molar-refractivity contribution in [3.05, 3.63) is 83.3 Å². The largest absolute Gasteiger partial charge is 0.340 e. The molecular formula is C19H17F3N4O2. The van der Waals surface area contributed by atoms with Crippen LogP contribution in [0.3, 0.4) is 0 Å². The predicted molar refractivity (Wildman–Crippen MR) is 94.1 cm³/mol. The van der Waals surface area contributed by atoms with Crippen LogP contribution in [-0.4, -0.2) is 22.6 Å². The minimum atomic E-state index is -2.84. The Labute approximate surface area is 158 Å². The fourth-order valence-corrected chi connectivity index (χ4v) is 2.69. The summed E-state index contributed by atoms with van der Waals surface area (Å²) < 4.78 is 46.1. The zero-order valence-corrected chi connectivity index (χ0v) is 14.8. The Balaban J connectivity index is 1.84. The number of nitrogens with zero attached hydrogens (tertiary/aromatic N) is 2. The molecule has 6 nitrogen and oxygen atoms in total. The highest BCUT2D eigenvalue weighted by Crippen LogP contribution is 2.24. The van der Waals surface area contributed by atoms with Crippen LogP contribution in [0, 0.1) is 12.7 Å². The first kappa shape index (κ1) is 19.4. The number of urea groups is 1. The van der Waals surface area contributed by atoms with Gasteiger partial charge in [0.1, 0.15) is 17.9 Å². The molecule has 2 atom stereocenters. The summed E-state index contributed by atoms with van der Waals surface area (Å²) in [6, 6.07) is 9.95. The van der Waals surface area contributed by atoms with Crippen molar-refractivity contribution in [2.24, 2.45) is 0 Å². The van der Waals surface area contributed by atoms with E-state index in [0.717, 1.165) is 0 Å². The molecule has 0 aliphatic rings. The molecule has 0 bridgehead atoms. The zero-order chi connectivity index (χ0) is 20.1. The summed E-state index contributed by atoms with van der Waals surface area (Å²) in [5.74, 6) is -0.386. The van der Waals surface area contributed by atoms with Crippen LogP contribution in [0.1, 0.15) is 34.9 Å². The molecule has 3 rings (SSSR count). The highest BCUT2D eigenvalue weighted by atomic mass is 19.3. The quantitative estimate of drug-likeness (QED) is 0.669. The number of alkyl halides is 2. The third-order valence-electron chi connectivity index (χ3n) is 3.99. The van der Waals surface area contributed by atoms with Gasteiger partial charge in [0.05, 0.1) is 0 Å². The Kier molecular flexibility index (Phi) is 5.93. The average Bonchev–Trinajstić information content (AvgIpc) is 3.11. The van der Waals surface area contributed by atoms with Crippen LogP contribution in [0.2, 0.25) is 0 Å². The summed E-state index contributed by atoms with van der Waals surface area (Å²) in [7, 11) is 0. The van der Waals surface area contributed by atoms with Gasteiger partial charge in [-0.1, -0.05) is 53.7 Å². The summed E-state index contributed by atoms with van der Waals surface area (Å²) in [5, 5.41) is 8.39. The maximum Gasteiger partial charge on any atom is 0.316 e. The first-order valence-electron chi connectivity index (χ1n) is 8.40. The third kappa shape index (κ3) is 4.48. The fourth-order valence-electron chi connectivity index (χ4n) is 2.69. The summed E-state index contributed by atoms with van der Waals surface area (Å²) in [6.07, 6.45) is -2.84. The van der Waals surface area contributed by atoms with Gasteiger partial charge >= 0.3 is 6.03 Å². The van der Waals surface area contributed by atoms with E-state index in [2.05, 4.69) is 20.8 Å². The molecule has 2 aromatic carbocycles. The number of amides is 2. The number of rotatable bonds is 6. The van der Waals surface area contributed by atoms with Crippen LogP contribution in [-0.2, 0) is 0 Å². The van der Waals surface area contributed by atoms with Gasteiger partial charge in [0, 0.05) is 12.5 Å². The van der Waals surface area contributed by atoms with Crippen molar-refractivity contribution in [2.45, 2.75) is 25.4 Å². The van der Waals surface area contributed by atoms with Gasteiger partial charge in [-0.25, -0.2) is 18.0 Å². The summed E-state index contributed by atoms with van der Waals surface area (Å²) in [6.45, 7) is 1.54. The molecule has 0 fully saturated rings. The molecule has 1 aromatic heterocycles. The number of carbonyl (C=O) groups excluding carboxylic acids is 1. The van der Waals surface area contributed by atoms with Crippen LogP contribution in [0.5, 0.6) is 0 Å². The number of aryl methyl sites for hydroxylation is 1. The molecule has 146 valence electrons. The van der Waals surface area contributed by atoms with Crippen molar-refractivity contribution in [3.8, 4) is 0 Å². The van der Waals surface area contributed by atoms with Crippen LogP contribution in [0.15, 0.2) is 59.1 Å². The van der Waals surface area contributed by atoms with Gasteiger partial charge in [-0.3, -0.25) is 0 Å². The lowest BCUT2D eigenvalue weighted by atomic mass is 10.1. The van der Waals surface area contributed by atoms with Crippen molar-refractivity contribution in [1.82, 2.24) is 20.8 Å². The van der Waals surface area contributed by atoms with Crippen molar-refractivity contribution >= 4 is 6.03 Å². The highest BCUT2D eigenvalue weighted by Gasteiger charge is 2.28. The molecule has 2 amide bonds. The second-order valence-corrected chi connectivity index (χ2v) is 5.97. The fraction of sp³-hybridized carbons (Fsp3) is 0.211. The number of carbonyl (C=O) groups is 1. The SMILES string of the molecule is Cc1nc(C(NC(=O)NC(c2ccccc2)C(F)F)c2ccccc2F)no1. The second-order valence-electron chi connectivity index (χ2n) is 5.97. The molecule has 0 aliphatic heterocycles. The van der Waals surface area contributed by atoms with Crippen molar-refractivity contribution < 1.29 is 22.5 Å². The van der Waals surface area contributed by atoms with Crippen LogP contribution in [0.4, 0.5) is 18.0 Å². The lowest BCUT2D eigenvalue weighted by molar-refractivity contribution is 0.101. The summed E-state index contributed by atoms with van der Waals surface area (Å²) in [4.78, 5) is 16.5. The lowest BCUT2D eigenvalue weighted by Crippen LogP contribution is -2.42. The molecule has 28 heavy (non-hydrogen) atoms. The van der Waals surface area contributed by atoms with E-state index in [1.165, 1.54) is 37.3 Å². The maximum absolute atomic E-state index is 14.3. The minimum Gasteiger partial charge on any atom is -0.340 e. The maximum atomic E-state index is 14.3. The molecule has 2 N–H and O–H groups in total. The van der Waals surface area contributed by atoms with Crippen molar-refractivity contribution in [2.75, 3.05) is 0 Å². The van der Waals surface area contributed by atoms with E-state index in [9.17, 15) is 18.0 Å². The van der Waals surface area contributed by atoms with Crippen LogP contribution in [0.25, 0.3) is 0 Å².